The molecule has 4 aromatic rings. The van der Waals surface area contributed by atoms with E-state index < -0.39 is 40.7 Å². The number of ether oxygens (including phenoxy) is 5. The third kappa shape index (κ3) is 10.9. The molecule has 0 N–H and O–H groups in total. The molecular weight excluding hydrogens is 678 g/mol. The molecular formula is C40H51N5O8. The monoisotopic (exact) mass is 729 g/mol. The van der Waals surface area contributed by atoms with Crippen LogP contribution in [-0.4, -0.2) is 61.9 Å². The number of carbonyl (C=O) groups is 3. The number of nitriles is 1. The van der Waals surface area contributed by atoms with Crippen LogP contribution in [0, 0.1) is 11.3 Å². The van der Waals surface area contributed by atoms with Gasteiger partial charge in [-0.2, -0.15) is 10.2 Å². The molecule has 0 aliphatic carbocycles. The Morgan fingerprint density at radius 2 is 1.40 bits per heavy atom. The highest BCUT2D eigenvalue weighted by Gasteiger charge is 2.37. The standard InChI is InChI=1S/C40H51N5O8/c1-13-49-23-30-43-31-32(44(30)24-40(11,12)53-36(48)52-39(8,9)10)28-18-17-26(19-25-15-14-16-27(20-25)22-41)21-29(28)42-33(31)45(34(46)50-37(2,3)4)35(47)51-38(5,6)7/h14-18,20-21H,13,19,23-24H2,1-12H3. The van der Waals surface area contributed by atoms with E-state index >= 15 is 0 Å². The number of hydrogen-bond acceptors (Lipinski definition) is 11. The summed E-state index contributed by atoms with van der Waals surface area (Å²) in [5, 5.41) is 10.1. The van der Waals surface area contributed by atoms with Gasteiger partial charge >= 0.3 is 18.3 Å². The fourth-order valence-electron chi connectivity index (χ4n) is 5.46. The summed E-state index contributed by atoms with van der Waals surface area (Å²) in [5.74, 6) is 0.325. The molecule has 13 nitrogen and oxygen atoms in total. The van der Waals surface area contributed by atoms with Gasteiger partial charge in [0.15, 0.2) is 5.82 Å². The molecule has 0 bridgehead atoms. The SMILES string of the molecule is CCOCc1nc2c(N(C(=O)OC(C)(C)C)C(=O)OC(C)(C)C)nc3cc(Cc4cccc(C#N)c4)ccc3c2n1CC(C)(C)OC(=O)OC(C)(C)C. The van der Waals surface area contributed by atoms with E-state index in [0.717, 1.165) is 16.0 Å². The number of benzene rings is 2. The number of imidazole rings is 1. The molecule has 0 saturated carbocycles. The minimum absolute atomic E-state index is 0.0564. The van der Waals surface area contributed by atoms with Gasteiger partial charge in [0.25, 0.3) is 0 Å². The van der Waals surface area contributed by atoms with Gasteiger partial charge in [-0.3, -0.25) is 0 Å². The van der Waals surface area contributed by atoms with E-state index in [0.29, 0.717) is 40.8 Å². The van der Waals surface area contributed by atoms with Gasteiger partial charge in [0.05, 0.1) is 29.2 Å². The highest BCUT2D eigenvalue weighted by Crippen LogP contribution is 2.36. The molecule has 0 radical (unpaired) electrons. The first-order valence-electron chi connectivity index (χ1n) is 17.6. The van der Waals surface area contributed by atoms with Crippen molar-refractivity contribution in [2.75, 3.05) is 11.5 Å². The van der Waals surface area contributed by atoms with Crippen LogP contribution in [-0.2, 0) is 43.3 Å². The lowest BCUT2D eigenvalue weighted by atomic mass is 10.0. The van der Waals surface area contributed by atoms with Crippen LogP contribution < -0.4 is 4.90 Å². The van der Waals surface area contributed by atoms with Crippen molar-refractivity contribution < 1.29 is 38.1 Å². The zero-order valence-electron chi connectivity index (χ0n) is 32.9. The number of imide groups is 1. The number of fused-ring (bicyclic) bond motifs is 3. The molecule has 0 fully saturated rings. The van der Waals surface area contributed by atoms with Crippen LogP contribution in [0.2, 0.25) is 0 Å². The quantitative estimate of drug-likeness (QED) is 0.120. The molecule has 0 atom stereocenters. The van der Waals surface area contributed by atoms with Crippen molar-refractivity contribution in [2.45, 2.75) is 125 Å². The molecule has 284 valence electrons. The van der Waals surface area contributed by atoms with Gasteiger partial charge in [0.2, 0.25) is 0 Å². The number of amides is 2. The molecule has 2 aromatic carbocycles. The van der Waals surface area contributed by atoms with E-state index in [2.05, 4.69) is 6.07 Å². The van der Waals surface area contributed by atoms with Gasteiger partial charge in [-0.25, -0.2) is 24.4 Å². The molecule has 13 heteroatoms. The third-order valence-corrected chi connectivity index (χ3v) is 7.35. The smallest absolute Gasteiger partial charge is 0.443 e. The molecule has 53 heavy (non-hydrogen) atoms. The normalized spacial score (nSPS) is 12.4. The maximum atomic E-state index is 14.0. The van der Waals surface area contributed by atoms with Crippen LogP contribution in [0.1, 0.15) is 106 Å². The summed E-state index contributed by atoms with van der Waals surface area (Å²) in [6.07, 6.45) is -2.36. The molecule has 0 unspecified atom stereocenters. The summed E-state index contributed by atoms with van der Waals surface area (Å²) in [4.78, 5) is 51.4. The van der Waals surface area contributed by atoms with Crippen LogP contribution in [0.25, 0.3) is 21.9 Å². The van der Waals surface area contributed by atoms with Crippen LogP contribution >= 0.6 is 0 Å². The molecule has 2 heterocycles. The average molecular weight is 730 g/mol. The molecule has 0 aliphatic rings. The van der Waals surface area contributed by atoms with E-state index in [1.807, 2.05) is 47.9 Å². The second kappa shape index (κ2) is 15.4. The van der Waals surface area contributed by atoms with Crippen LogP contribution in [0.3, 0.4) is 0 Å². The van der Waals surface area contributed by atoms with Crippen molar-refractivity contribution in [1.29, 1.82) is 5.26 Å². The molecule has 0 aliphatic heterocycles. The third-order valence-electron chi connectivity index (χ3n) is 7.35. The number of aromatic nitrogens is 3. The molecule has 2 aromatic heterocycles. The lowest BCUT2D eigenvalue weighted by molar-refractivity contribution is -0.0584. The van der Waals surface area contributed by atoms with Gasteiger partial charge in [-0.05, 0) is 119 Å². The largest absolute Gasteiger partial charge is 0.509 e. The van der Waals surface area contributed by atoms with Gasteiger partial charge in [0, 0.05) is 12.0 Å². The van der Waals surface area contributed by atoms with Crippen molar-refractivity contribution in [1.82, 2.24) is 14.5 Å². The Labute approximate surface area is 311 Å². The van der Waals surface area contributed by atoms with Crippen molar-refractivity contribution in [2.24, 2.45) is 0 Å². The van der Waals surface area contributed by atoms with E-state index in [1.54, 1.807) is 82.2 Å². The Balaban J connectivity index is 2.04. The minimum atomic E-state index is -1.13. The Morgan fingerprint density at radius 3 is 1.96 bits per heavy atom. The summed E-state index contributed by atoms with van der Waals surface area (Å²) in [7, 11) is 0. The average Bonchev–Trinajstić information content (AvgIpc) is 3.34. The van der Waals surface area contributed by atoms with E-state index in [9.17, 15) is 19.6 Å². The van der Waals surface area contributed by atoms with E-state index in [4.69, 9.17) is 33.7 Å². The van der Waals surface area contributed by atoms with Crippen molar-refractivity contribution in [3.63, 3.8) is 0 Å². The van der Waals surface area contributed by atoms with Gasteiger partial charge in [0.1, 0.15) is 40.4 Å². The molecule has 2 amide bonds. The number of pyridine rings is 1. The van der Waals surface area contributed by atoms with Crippen LogP contribution in [0.4, 0.5) is 20.2 Å². The first-order valence-corrected chi connectivity index (χ1v) is 17.6. The summed E-state index contributed by atoms with van der Waals surface area (Å²) in [6.45, 7) is 21.3. The maximum Gasteiger partial charge on any atom is 0.509 e. The first-order chi connectivity index (χ1) is 24.5. The Kier molecular flexibility index (Phi) is 11.8. The van der Waals surface area contributed by atoms with Crippen LogP contribution in [0.15, 0.2) is 42.5 Å². The summed E-state index contributed by atoms with van der Waals surface area (Å²) in [5.41, 5.74) is -0.379. The lowest BCUT2D eigenvalue weighted by Gasteiger charge is -2.29. The second-order valence-electron chi connectivity index (χ2n) is 16.3. The number of nitrogens with zero attached hydrogens (tertiary/aromatic N) is 5. The summed E-state index contributed by atoms with van der Waals surface area (Å²) >= 11 is 0. The zero-order chi connectivity index (χ0) is 39.5. The summed E-state index contributed by atoms with van der Waals surface area (Å²) in [6, 6.07) is 15.2. The predicted molar refractivity (Wildman–Crippen MR) is 201 cm³/mol. The number of hydrogen-bond donors (Lipinski definition) is 0. The van der Waals surface area contributed by atoms with Crippen molar-refractivity contribution in [3.05, 3.63) is 65.0 Å². The van der Waals surface area contributed by atoms with Gasteiger partial charge in [-0.1, -0.05) is 24.3 Å². The van der Waals surface area contributed by atoms with Crippen molar-refractivity contribution >= 4 is 46.1 Å². The van der Waals surface area contributed by atoms with E-state index in [1.165, 1.54) is 0 Å². The lowest BCUT2D eigenvalue weighted by Crippen LogP contribution is -2.44. The van der Waals surface area contributed by atoms with E-state index in [-0.39, 0.29) is 24.5 Å². The van der Waals surface area contributed by atoms with Gasteiger partial charge < -0.3 is 28.3 Å². The maximum absolute atomic E-state index is 14.0. The fraction of sp³-hybridized carbons (Fsp3) is 0.500. The van der Waals surface area contributed by atoms with Gasteiger partial charge in [-0.15, -0.1) is 0 Å². The summed E-state index contributed by atoms with van der Waals surface area (Å²) < 4.78 is 30.4. The van der Waals surface area contributed by atoms with Crippen LogP contribution in [0.5, 0.6) is 0 Å². The number of carbonyl (C=O) groups excluding carboxylic acids is 3. The molecule has 4 rings (SSSR count). The Bertz CT molecular complexity index is 2010. The Hall–Kier alpha value is -5.22. The fourth-order valence-corrected chi connectivity index (χ4v) is 5.46. The Morgan fingerprint density at radius 1 is 0.792 bits per heavy atom. The topological polar surface area (TPSA) is 155 Å². The first kappa shape index (κ1) is 40.5. The minimum Gasteiger partial charge on any atom is -0.443 e. The number of rotatable bonds is 9. The highest BCUT2D eigenvalue weighted by molar-refractivity contribution is 6.17. The predicted octanol–water partition coefficient (Wildman–Crippen LogP) is 8.99. The second-order valence-corrected chi connectivity index (χ2v) is 16.3. The van der Waals surface area contributed by atoms with Crippen molar-refractivity contribution in [3.8, 4) is 6.07 Å². The zero-order valence-corrected chi connectivity index (χ0v) is 32.9. The molecule has 0 spiro atoms. The highest BCUT2D eigenvalue weighted by atomic mass is 16.7. The molecule has 0 saturated heterocycles. The number of anilines is 1.